The minimum Gasteiger partial charge on any atom is -0.310 e. The molecule has 1 aliphatic carbocycles. The molecule has 1 aromatic heterocycles. The topological polar surface area (TPSA) is 24.9 Å². The van der Waals surface area contributed by atoms with Gasteiger partial charge in [-0.15, -0.1) is 0 Å². The van der Waals surface area contributed by atoms with Gasteiger partial charge in [0.05, 0.1) is 5.52 Å². The Balaban J connectivity index is 1.77. The van der Waals surface area contributed by atoms with Crippen LogP contribution in [0.4, 0.5) is 0 Å². The van der Waals surface area contributed by atoms with E-state index in [9.17, 15) is 0 Å². The van der Waals surface area contributed by atoms with Crippen LogP contribution in [-0.2, 0) is 6.54 Å². The van der Waals surface area contributed by atoms with Gasteiger partial charge in [0.2, 0.25) is 0 Å². The van der Waals surface area contributed by atoms with E-state index >= 15 is 0 Å². The smallest absolute Gasteiger partial charge is 0.0761 e. The van der Waals surface area contributed by atoms with Gasteiger partial charge in [0.15, 0.2) is 0 Å². The fourth-order valence-corrected chi connectivity index (χ4v) is 3.59. The molecule has 1 aliphatic rings. The molecule has 2 unspecified atom stereocenters. The zero-order valence-corrected chi connectivity index (χ0v) is 13.4. The summed E-state index contributed by atoms with van der Waals surface area (Å²) in [5, 5.41) is 5.59. The first-order chi connectivity index (χ1) is 10.3. The van der Waals surface area contributed by atoms with E-state index in [1.165, 1.54) is 37.7 Å². The highest BCUT2D eigenvalue weighted by Gasteiger charge is 2.19. The SMILES string of the molecule is CC1CCCCCC1NCc1ccc(Cl)c2cccnc12. The molecule has 3 rings (SSSR count). The van der Waals surface area contributed by atoms with Crippen LogP contribution < -0.4 is 5.32 Å². The van der Waals surface area contributed by atoms with E-state index in [2.05, 4.69) is 23.3 Å². The van der Waals surface area contributed by atoms with E-state index in [1.54, 1.807) is 0 Å². The summed E-state index contributed by atoms with van der Waals surface area (Å²) in [7, 11) is 0. The van der Waals surface area contributed by atoms with Crippen molar-refractivity contribution in [2.24, 2.45) is 5.92 Å². The predicted molar refractivity (Wildman–Crippen MR) is 89.6 cm³/mol. The van der Waals surface area contributed by atoms with Gasteiger partial charge >= 0.3 is 0 Å². The van der Waals surface area contributed by atoms with Crippen LogP contribution in [0.2, 0.25) is 5.02 Å². The molecule has 2 nitrogen and oxygen atoms in total. The molecule has 3 heteroatoms. The first-order valence-electron chi connectivity index (χ1n) is 8.01. The molecular formula is C18H23ClN2. The van der Waals surface area contributed by atoms with Crippen molar-refractivity contribution in [2.75, 3.05) is 0 Å². The zero-order valence-electron chi connectivity index (χ0n) is 12.6. The van der Waals surface area contributed by atoms with Crippen LogP contribution in [0, 0.1) is 5.92 Å². The third-order valence-electron chi connectivity index (χ3n) is 4.72. The fraction of sp³-hybridized carbons (Fsp3) is 0.500. The van der Waals surface area contributed by atoms with Gasteiger partial charge < -0.3 is 5.32 Å². The van der Waals surface area contributed by atoms with Crippen molar-refractivity contribution >= 4 is 22.5 Å². The number of nitrogens with one attached hydrogen (secondary N) is 1. The number of fused-ring (bicyclic) bond motifs is 1. The van der Waals surface area contributed by atoms with E-state index in [1.807, 2.05) is 24.4 Å². The summed E-state index contributed by atoms with van der Waals surface area (Å²) in [4.78, 5) is 4.52. The van der Waals surface area contributed by atoms with Crippen molar-refractivity contribution in [3.8, 4) is 0 Å². The zero-order chi connectivity index (χ0) is 14.7. The summed E-state index contributed by atoms with van der Waals surface area (Å²) >= 11 is 6.26. The lowest BCUT2D eigenvalue weighted by molar-refractivity contribution is 0.356. The van der Waals surface area contributed by atoms with Crippen LogP contribution in [0.3, 0.4) is 0 Å². The fourth-order valence-electron chi connectivity index (χ4n) is 3.38. The van der Waals surface area contributed by atoms with Gasteiger partial charge in [-0.1, -0.05) is 43.9 Å². The van der Waals surface area contributed by atoms with E-state index < -0.39 is 0 Å². The van der Waals surface area contributed by atoms with E-state index in [0.29, 0.717) is 6.04 Å². The summed E-state index contributed by atoms with van der Waals surface area (Å²) in [5.41, 5.74) is 2.27. The first kappa shape index (κ1) is 14.8. The molecule has 1 saturated carbocycles. The molecule has 1 aromatic carbocycles. The summed E-state index contributed by atoms with van der Waals surface area (Å²) in [5.74, 6) is 0.763. The minimum atomic E-state index is 0.627. The lowest BCUT2D eigenvalue weighted by Crippen LogP contribution is -2.33. The van der Waals surface area contributed by atoms with Crippen LogP contribution in [-0.4, -0.2) is 11.0 Å². The standard InChI is InChI=1S/C18H23ClN2/c1-13-6-3-2-4-8-17(13)21-12-14-9-10-16(19)15-7-5-11-20-18(14)15/h5,7,9-11,13,17,21H,2-4,6,8,12H2,1H3. The number of aromatic nitrogens is 1. The molecule has 1 heterocycles. The minimum absolute atomic E-state index is 0.627. The molecule has 1 N–H and O–H groups in total. The van der Waals surface area contributed by atoms with Gasteiger partial charge in [-0.2, -0.15) is 0 Å². The molecule has 0 aliphatic heterocycles. The maximum atomic E-state index is 6.26. The molecule has 21 heavy (non-hydrogen) atoms. The highest BCUT2D eigenvalue weighted by Crippen LogP contribution is 2.26. The van der Waals surface area contributed by atoms with E-state index in [0.717, 1.165) is 28.4 Å². The Bertz CT molecular complexity index is 611. The summed E-state index contributed by atoms with van der Waals surface area (Å²) in [6.07, 6.45) is 8.59. The van der Waals surface area contributed by atoms with Crippen LogP contribution in [0.5, 0.6) is 0 Å². The van der Waals surface area contributed by atoms with Crippen molar-refractivity contribution in [1.82, 2.24) is 10.3 Å². The molecule has 2 atom stereocenters. The number of halogens is 1. The molecular weight excluding hydrogens is 280 g/mol. The third-order valence-corrected chi connectivity index (χ3v) is 5.05. The highest BCUT2D eigenvalue weighted by atomic mass is 35.5. The van der Waals surface area contributed by atoms with E-state index in [4.69, 9.17) is 11.6 Å². The number of benzene rings is 1. The quantitative estimate of drug-likeness (QED) is 0.812. The molecule has 0 saturated heterocycles. The number of hydrogen-bond donors (Lipinski definition) is 1. The molecule has 0 bridgehead atoms. The molecule has 0 spiro atoms. The van der Waals surface area contributed by atoms with Gasteiger partial charge in [0.1, 0.15) is 0 Å². The highest BCUT2D eigenvalue weighted by molar-refractivity contribution is 6.35. The van der Waals surface area contributed by atoms with Crippen molar-refractivity contribution < 1.29 is 0 Å². The van der Waals surface area contributed by atoms with Crippen LogP contribution >= 0.6 is 11.6 Å². The van der Waals surface area contributed by atoms with Crippen molar-refractivity contribution in [3.05, 3.63) is 41.0 Å². The van der Waals surface area contributed by atoms with Crippen molar-refractivity contribution in [2.45, 2.75) is 51.6 Å². The molecule has 0 amide bonds. The Morgan fingerprint density at radius 1 is 1.19 bits per heavy atom. The first-order valence-corrected chi connectivity index (χ1v) is 8.39. The Morgan fingerprint density at radius 2 is 2.05 bits per heavy atom. The van der Waals surface area contributed by atoms with Crippen molar-refractivity contribution in [1.29, 1.82) is 0 Å². The Hall–Kier alpha value is -1.12. The molecule has 0 radical (unpaired) electrons. The van der Waals surface area contributed by atoms with Crippen LogP contribution in [0.25, 0.3) is 10.9 Å². The average Bonchev–Trinajstić information content (AvgIpc) is 2.72. The maximum Gasteiger partial charge on any atom is 0.0761 e. The lowest BCUT2D eigenvalue weighted by Gasteiger charge is -2.23. The second kappa shape index (κ2) is 6.76. The third kappa shape index (κ3) is 3.38. The second-order valence-electron chi connectivity index (χ2n) is 6.21. The molecule has 1 fully saturated rings. The second-order valence-corrected chi connectivity index (χ2v) is 6.62. The number of pyridine rings is 1. The predicted octanol–water partition coefficient (Wildman–Crippen LogP) is 4.95. The summed E-state index contributed by atoms with van der Waals surface area (Å²) in [6.45, 7) is 3.25. The lowest BCUT2D eigenvalue weighted by atomic mass is 9.96. The largest absolute Gasteiger partial charge is 0.310 e. The normalized spacial score (nSPS) is 23.1. The summed E-state index contributed by atoms with van der Waals surface area (Å²) < 4.78 is 0. The monoisotopic (exact) mass is 302 g/mol. The number of nitrogens with zero attached hydrogens (tertiary/aromatic N) is 1. The van der Waals surface area contributed by atoms with E-state index in [-0.39, 0.29) is 0 Å². The van der Waals surface area contributed by atoms with Crippen LogP contribution in [0.15, 0.2) is 30.5 Å². The van der Waals surface area contributed by atoms with Crippen molar-refractivity contribution in [3.63, 3.8) is 0 Å². The van der Waals surface area contributed by atoms with Gasteiger partial charge in [0, 0.05) is 29.2 Å². The Kier molecular flexibility index (Phi) is 4.77. The van der Waals surface area contributed by atoms with Gasteiger partial charge in [-0.3, -0.25) is 4.98 Å². The Labute approximate surface area is 131 Å². The number of rotatable bonds is 3. The maximum absolute atomic E-state index is 6.26. The van der Waals surface area contributed by atoms with Gasteiger partial charge in [0.25, 0.3) is 0 Å². The average molecular weight is 303 g/mol. The Morgan fingerprint density at radius 3 is 2.95 bits per heavy atom. The van der Waals surface area contributed by atoms with Crippen LogP contribution in [0.1, 0.15) is 44.6 Å². The van der Waals surface area contributed by atoms with Gasteiger partial charge in [-0.25, -0.2) is 0 Å². The number of hydrogen-bond acceptors (Lipinski definition) is 2. The van der Waals surface area contributed by atoms with Gasteiger partial charge in [-0.05, 0) is 42.5 Å². The molecule has 112 valence electrons. The molecule has 2 aromatic rings. The summed E-state index contributed by atoms with van der Waals surface area (Å²) in [6, 6.07) is 8.70.